The second-order valence-corrected chi connectivity index (χ2v) is 3.58. The zero-order chi connectivity index (χ0) is 9.61. The Labute approximate surface area is 74.1 Å². The van der Waals surface area contributed by atoms with Gasteiger partial charge in [-0.3, -0.25) is 0 Å². The molecule has 0 fully saturated rings. The number of unbranched alkanes of at least 4 members (excludes halogenated alkanes) is 1. The van der Waals surface area contributed by atoms with Gasteiger partial charge in [0.15, 0.2) is 0 Å². The SMILES string of the molecule is CC(N)(CN)CCCCB(O)O. The molecule has 0 spiro atoms. The average molecular weight is 174 g/mol. The molecule has 0 aromatic heterocycles. The van der Waals surface area contributed by atoms with Gasteiger partial charge in [-0.05, 0) is 19.7 Å². The van der Waals surface area contributed by atoms with E-state index in [4.69, 9.17) is 21.5 Å². The van der Waals surface area contributed by atoms with Crippen LogP contribution in [0.15, 0.2) is 0 Å². The van der Waals surface area contributed by atoms with Crippen LogP contribution in [0.25, 0.3) is 0 Å². The fourth-order valence-electron chi connectivity index (χ4n) is 0.958. The van der Waals surface area contributed by atoms with Crippen molar-refractivity contribution in [3.63, 3.8) is 0 Å². The van der Waals surface area contributed by atoms with Gasteiger partial charge < -0.3 is 21.5 Å². The summed E-state index contributed by atoms with van der Waals surface area (Å²) in [7, 11) is -1.19. The Morgan fingerprint density at radius 1 is 1.33 bits per heavy atom. The molecule has 72 valence electrons. The molecule has 0 aliphatic heterocycles. The van der Waals surface area contributed by atoms with Crippen LogP contribution in [-0.4, -0.2) is 29.3 Å². The van der Waals surface area contributed by atoms with Crippen molar-refractivity contribution in [2.75, 3.05) is 6.54 Å². The molecule has 12 heavy (non-hydrogen) atoms. The summed E-state index contributed by atoms with van der Waals surface area (Å²) in [4.78, 5) is 0. The van der Waals surface area contributed by atoms with E-state index in [0.29, 0.717) is 12.9 Å². The van der Waals surface area contributed by atoms with Crippen LogP contribution in [0.5, 0.6) is 0 Å². The number of hydrogen-bond acceptors (Lipinski definition) is 4. The molecule has 0 rings (SSSR count). The van der Waals surface area contributed by atoms with E-state index in [0.717, 1.165) is 19.3 Å². The summed E-state index contributed by atoms with van der Waals surface area (Å²) in [5, 5.41) is 17.1. The topological polar surface area (TPSA) is 92.5 Å². The molecule has 1 atom stereocenters. The third-order valence-electron chi connectivity index (χ3n) is 1.93. The van der Waals surface area contributed by atoms with Crippen molar-refractivity contribution in [1.29, 1.82) is 0 Å². The van der Waals surface area contributed by atoms with Crippen LogP contribution >= 0.6 is 0 Å². The largest absolute Gasteiger partial charge is 0.451 e. The predicted octanol–water partition coefficient (Wildman–Crippen LogP) is -0.694. The highest BCUT2D eigenvalue weighted by molar-refractivity contribution is 6.40. The van der Waals surface area contributed by atoms with Gasteiger partial charge in [0.05, 0.1) is 0 Å². The van der Waals surface area contributed by atoms with Gasteiger partial charge in [-0.15, -0.1) is 0 Å². The van der Waals surface area contributed by atoms with E-state index in [1.165, 1.54) is 0 Å². The summed E-state index contributed by atoms with van der Waals surface area (Å²) in [6.07, 6.45) is 2.92. The first-order chi connectivity index (χ1) is 5.48. The Balaban J connectivity index is 3.31. The van der Waals surface area contributed by atoms with Crippen LogP contribution in [0.1, 0.15) is 26.2 Å². The minimum Gasteiger partial charge on any atom is -0.427 e. The fourth-order valence-corrected chi connectivity index (χ4v) is 0.958. The zero-order valence-corrected chi connectivity index (χ0v) is 7.66. The van der Waals surface area contributed by atoms with Crippen molar-refractivity contribution in [2.24, 2.45) is 11.5 Å². The minimum atomic E-state index is -1.19. The van der Waals surface area contributed by atoms with Gasteiger partial charge in [0.2, 0.25) is 0 Å². The second-order valence-electron chi connectivity index (χ2n) is 3.58. The van der Waals surface area contributed by atoms with E-state index in [9.17, 15) is 0 Å². The Bertz CT molecular complexity index is 120. The molecule has 0 aliphatic rings. The number of hydrogen-bond donors (Lipinski definition) is 4. The van der Waals surface area contributed by atoms with E-state index in [2.05, 4.69) is 0 Å². The molecule has 5 heteroatoms. The van der Waals surface area contributed by atoms with E-state index >= 15 is 0 Å². The normalized spacial score (nSPS) is 15.8. The highest BCUT2D eigenvalue weighted by Crippen LogP contribution is 2.10. The standard InChI is InChI=1S/C7H19BN2O2/c1-7(10,6-9)4-2-3-5-8(11)12/h11-12H,2-6,9-10H2,1H3. The smallest absolute Gasteiger partial charge is 0.427 e. The van der Waals surface area contributed by atoms with Crippen molar-refractivity contribution < 1.29 is 10.0 Å². The lowest BCUT2D eigenvalue weighted by Gasteiger charge is -2.21. The second kappa shape index (κ2) is 5.53. The van der Waals surface area contributed by atoms with E-state index in [1.54, 1.807) is 0 Å². The first-order valence-electron chi connectivity index (χ1n) is 4.33. The van der Waals surface area contributed by atoms with Crippen molar-refractivity contribution in [3.05, 3.63) is 0 Å². The van der Waals surface area contributed by atoms with Gasteiger partial charge in [0.25, 0.3) is 0 Å². The maximum atomic E-state index is 8.54. The Morgan fingerprint density at radius 3 is 2.33 bits per heavy atom. The summed E-state index contributed by atoms with van der Waals surface area (Å²) in [6, 6.07) is 0. The van der Waals surface area contributed by atoms with Crippen LogP contribution < -0.4 is 11.5 Å². The van der Waals surface area contributed by atoms with Gasteiger partial charge in [-0.25, -0.2) is 0 Å². The molecule has 1 unspecified atom stereocenters. The van der Waals surface area contributed by atoms with Crippen molar-refractivity contribution in [1.82, 2.24) is 0 Å². The minimum absolute atomic E-state index is 0.305. The van der Waals surface area contributed by atoms with Crippen LogP contribution in [0.3, 0.4) is 0 Å². The van der Waals surface area contributed by atoms with Crippen LogP contribution in [-0.2, 0) is 0 Å². The highest BCUT2D eigenvalue weighted by atomic mass is 16.4. The summed E-state index contributed by atoms with van der Waals surface area (Å²) in [5.74, 6) is 0. The van der Waals surface area contributed by atoms with Gasteiger partial charge in [-0.1, -0.05) is 12.8 Å². The van der Waals surface area contributed by atoms with Gasteiger partial charge in [-0.2, -0.15) is 0 Å². The number of rotatable bonds is 6. The van der Waals surface area contributed by atoms with E-state index in [1.807, 2.05) is 6.92 Å². The molecular weight excluding hydrogens is 155 g/mol. The Hall–Kier alpha value is -0.0951. The molecule has 0 aromatic rings. The zero-order valence-electron chi connectivity index (χ0n) is 7.66. The molecule has 0 saturated heterocycles. The first kappa shape index (κ1) is 11.9. The van der Waals surface area contributed by atoms with Crippen LogP contribution in [0.2, 0.25) is 6.32 Å². The van der Waals surface area contributed by atoms with Gasteiger partial charge >= 0.3 is 7.12 Å². The molecule has 0 amide bonds. The highest BCUT2D eigenvalue weighted by Gasteiger charge is 2.15. The lowest BCUT2D eigenvalue weighted by Crippen LogP contribution is -2.43. The molecule has 0 aliphatic carbocycles. The van der Waals surface area contributed by atoms with Gasteiger partial charge in [0.1, 0.15) is 0 Å². The quantitative estimate of drug-likeness (QED) is 0.316. The lowest BCUT2D eigenvalue weighted by molar-refractivity contribution is 0.391. The van der Waals surface area contributed by atoms with Crippen LogP contribution in [0, 0.1) is 0 Å². The maximum Gasteiger partial charge on any atom is 0.451 e. The molecule has 0 saturated carbocycles. The third kappa shape index (κ3) is 6.60. The average Bonchev–Trinajstić information content (AvgIpc) is 1.98. The Kier molecular flexibility index (Phi) is 5.49. The molecule has 0 bridgehead atoms. The van der Waals surface area contributed by atoms with Crippen molar-refractivity contribution >= 4 is 7.12 Å². The van der Waals surface area contributed by atoms with E-state index < -0.39 is 7.12 Å². The maximum absolute atomic E-state index is 8.54. The molecule has 0 radical (unpaired) electrons. The molecule has 0 aromatic carbocycles. The third-order valence-corrected chi connectivity index (χ3v) is 1.93. The summed E-state index contributed by atoms with van der Waals surface area (Å²) in [5.41, 5.74) is 10.9. The first-order valence-corrected chi connectivity index (χ1v) is 4.33. The fraction of sp³-hybridized carbons (Fsp3) is 1.00. The predicted molar refractivity (Wildman–Crippen MR) is 50.5 cm³/mol. The molecule has 6 N–H and O–H groups in total. The summed E-state index contributed by atoms with van der Waals surface area (Å²) in [6.45, 7) is 2.37. The Morgan fingerprint density at radius 2 is 1.92 bits per heavy atom. The van der Waals surface area contributed by atoms with Gasteiger partial charge in [0, 0.05) is 12.1 Å². The van der Waals surface area contributed by atoms with Crippen molar-refractivity contribution in [2.45, 2.75) is 38.0 Å². The molecular formula is C7H19BN2O2. The molecule has 0 heterocycles. The van der Waals surface area contributed by atoms with E-state index in [-0.39, 0.29) is 5.54 Å². The molecule has 4 nitrogen and oxygen atoms in total. The van der Waals surface area contributed by atoms with Crippen LogP contribution in [0.4, 0.5) is 0 Å². The van der Waals surface area contributed by atoms with Crippen molar-refractivity contribution in [3.8, 4) is 0 Å². The monoisotopic (exact) mass is 174 g/mol. The number of nitrogens with two attached hydrogens (primary N) is 2. The lowest BCUT2D eigenvalue weighted by atomic mass is 9.82. The summed E-state index contributed by atoms with van der Waals surface area (Å²) >= 11 is 0. The summed E-state index contributed by atoms with van der Waals surface area (Å²) < 4.78 is 0.